The zero-order valence-electron chi connectivity index (χ0n) is 7.99. The third-order valence-electron chi connectivity index (χ3n) is 2.12. The highest BCUT2D eigenvalue weighted by atomic mass is 16.5. The van der Waals surface area contributed by atoms with Gasteiger partial charge in [0.15, 0.2) is 0 Å². The number of ether oxygens (including phenoxy) is 2. The Hall–Kier alpha value is -1.69. The van der Waals surface area contributed by atoms with Crippen molar-refractivity contribution in [1.82, 2.24) is 0 Å². The van der Waals surface area contributed by atoms with Gasteiger partial charge in [0.05, 0.1) is 18.8 Å². The zero-order valence-corrected chi connectivity index (χ0v) is 7.99. The highest BCUT2D eigenvalue weighted by Gasteiger charge is 2.23. The van der Waals surface area contributed by atoms with Gasteiger partial charge in [-0.1, -0.05) is 0 Å². The Morgan fingerprint density at radius 2 is 2.21 bits per heavy atom. The van der Waals surface area contributed by atoms with Gasteiger partial charge in [-0.15, -0.1) is 0 Å². The van der Waals surface area contributed by atoms with Gasteiger partial charge < -0.3 is 9.47 Å². The van der Waals surface area contributed by atoms with Gasteiger partial charge >= 0.3 is 0 Å². The molecule has 72 valence electrons. The molecule has 1 aromatic carbocycles. The van der Waals surface area contributed by atoms with Crippen LogP contribution in [0.25, 0.3) is 0 Å². The molecule has 1 fully saturated rings. The highest BCUT2D eigenvalue weighted by Crippen LogP contribution is 2.29. The van der Waals surface area contributed by atoms with Gasteiger partial charge in [0, 0.05) is 6.07 Å². The van der Waals surface area contributed by atoms with Crippen LogP contribution in [-0.4, -0.2) is 13.2 Å². The average molecular weight is 189 g/mol. The van der Waals surface area contributed by atoms with Crippen LogP contribution in [0.15, 0.2) is 18.2 Å². The summed E-state index contributed by atoms with van der Waals surface area (Å²) < 4.78 is 10.6. The molecule has 0 unspecified atom stereocenters. The lowest BCUT2D eigenvalue weighted by Gasteiger charge is -2.06. The first-order chi connectivity index (χ1) is 6.83. The molecule has 1 aromatic rings. The van der Waals surface area contributed by atoms with Crippen molar-refractivity contribution in [2.75, 3.05) is 7.11 Å². The van der Waals surface area contributed by atoms with E-state index >= 15 is 0 Å². The number of hydrogen-bond acceptors (Lipinski definition) is 3. The van der Waals surface area contributed by atoms with Gasteiger partial charge in [-0.05, 0) is 25.0 Å². The van der Waals surface area contributed by atoms with E-state index in [0.29, 0.717) is 17.4 Å². The molecule has 0 amide bonds. The van der Waals surface area contributed by atoms with E-state index in [0.717, 1.165) is 18.6 Å². The van der Waals surface area contributed by atoms with Crippen LogP contribution < -0.4 is 9.47 Å². The smallest absolute Gasteiger partial charge is 0.136 e. The van der Waals surface area contributed by atoms with E-state index in [1.54, 1.807) is 19.2 Å². The summed E-state index contributed by atoms with van der Waals surface area (Å²) in [5, 5.41) is 8.84. The standard InChI is InChI=1S/C11H11NO2/c1-13-11-5-4-10(6-8(11)7-12)14-9-2-3-9/h4-6,9H,2-3H2,1H3. The van der Waals surface area contributed by atoms with Gasteiger partial charge in [0.25, 0.3) is 0 Å². The van der Waals surface area contributed by atoms with Crippen molar-refractivity contribution in [3.05, 3.63) is 23.8 Å². The lowest BCUT2D eigenvalue weighted by molar-refractivity contribution is 0.302. The summed E-state index contributed by atoms with van der Waals surface area (Å²) >= 11 is 0. The van der Waals surface area contributed by atoms with Crippen LogP contribution >= 0.6 is 0 Å². The van der Waals surface area contributed by atoms with Crippen LogP contribution in [0.4, 0.5) is 0 Å². The Morgan fingerprint density at radius 3 is 2.79 bits per heavy atom. The predicted octanol–water partition coefficient (Wildman–Crippen LogP) is 2.11. The van der Waals surface area contributed by atoms with Gasteiger partial charge in [0.2, 0.25) is 0 Å². The quantitative estimate of drug-likeness (QED) is 0.731. The molecule has 0 aliphatic heterocycles. The van der Waals surface area contributed by atoms with E-state index < -0.39 is 0 Å². The Morgan fingerprint density at radius 1 is 1.43 bits per heavy atom. The van der Waals surface area contributed by atoms with E-state index in [9.17, 15) is 0 Å². The van der Waals surface area contributed by atoms with Gasteiger partial charge in [-0.25, -0.2) is 0 Å². The molecule has 0 spiro atoms. The second-order valence-electron chi connectivity index (χ2n) is 3.29. The molecule has 0 aromatic heterocycles. The molecule has 3 nitrogen and oxygen atoms in total. The molecule has 0 bridgehead atoms. The van der Waals surface area contributed by atoms with Gasteiger partial charge in [-0.2, -0.15) is 5.26 Å². The molecular formula is C11H11NO2. The van der Waals surface area contributed by atoms with Gasteiger partial charge in [-0.3, -0.25) is 0 Å². The molecule has 1 aliphatic carbocycles. The van der Waals surface area contributed by atoms with Crippen molar-refractivity contribution in [1.29, 1.82) is 5.26 Å². The number of nitriles is 1. The molecule has 0 N–H and O–H groups in total. The SMILES string of the molecule is COc1ccc(OC2CC2)cc1C#N. The molecule has 0 radical (unpaired) electrons. The van der Waals surface area contributed by atoms with E-state index in [2.05, 4.69) is 6.07 Å². The van der Waals surface area contributed by atoms with E-state index in [4.69, 9.17) is 14.7 Å². The summed E-state index contributed by atoms with van der Waals surface area (Å²) in [5.41, 5.74) is 0.519. The summed E-state index contributed by atoms with van der Waals surface area (Å²) in [6.07, 6.45) is 2.59. The van der Waals surface area contributed by atoms with Crippen molar-refractivity contribution in [3.8, 4) is 17.6 Å². The van der Waals surface area contributed by atoms with Crippen molar-refractivity contribution in [2.24, 2.45) is 0 Å². The maximum atomic E-state index is 8.84. The Balaban J connectivity index is 2.22. The predicted molar refractivity (Wildman–Crippen MR) is 51.4 cm³/mol. The van der Waals surface area contributed by atoms with Crippen LogP contribution in [0.1, 0.15) is 18.4 Å². The monoisotopic (exact) mass is 189 g/mol. The van der Waals surface area contributed by atoms with Crippen molar-refractivity contribution < 1.29 is 9.47 Å². The molecule has 14 heavy (non-hydrogen) atoms. The lowest BCUT2D eigenvalue weighted by atomic mass is 10.2. The van der Waals surface area contributed by atoms with Crippen LogP contribution in [0.3, 0.4) is 0 Å². The molecule has 0 heterocycles. The molecule has 0 atom stereocenters. The number of hydrogen-bond donors (Lipinski definition) is 0. The van der Waals surface area contributed by atoms with Crippen molar-refractivity contribution in [3.63, 3.8) is 0 Å². The summed E-state index contributed by atoms with van der Waals surface area (Å²) in [6, 6.07) is 7.39. The fourth-order valence-electron chi connectivity index (χ4n) is 1.23. The number of nitrogens with zero attached hydrogens (tertiary/aromatic N) is 1. The number of rotatable bonds is 3. The summed E-state index contributed by atoms with van der Waals surface area (Å²) in [5.74, 6) is 1.35. The van der Waals surface area contributed by atoms with Crippen LogP contribution in [0.5, 0.6) is 11.5 Å². The van der Waals surface area contributed by atoms with Crippen molar-refractivity contribution >= 4 is 0 Å². The number of methoxy groups -OCH3 is 1. The Kier molecular flexibility index (Phi) is 2.28. The fraction of sp³-hybridized carbons (Fsp3) is 0.364. The first-order valence-electron chi connectivity index (χ1n) is 4.58. The molecule has 1 saturated carbocycles. The van der Waals surface area contributed by atoms with E-state index in [1.807, 2.05) is 6.07 Å². The maximum absolute atomic E-state index is 8.84. The Bertz CT molecular complexity index is 377. The van der Waals surface area contributed by atoms with Crippen LogP contribution in [0.2, 0.25) is 0 Å². The summed E-state index contributed by atoms with van der Waals surface area (Å²) in [4.78, 5) is 0. The first kappa shape index (κ1) is 8.89. The van der Waals surface area contributed by atoms with Crippen LogP contribution in [-0.2, 0) is 0 Å². The molecule has 1 aliphatic rings. The van der Waals surface area contributed by atoms with Gasteiger partial charge in [0.1, 0.15) is 17.6 Å². The van der Waals surface area contributed by atoms with Crippen LogP contribution in [0, 0.1) is 11.3 Å². The minimum absolute atomic E-state index is 0.356. The third-order valence-corrected chi connectivity index (χ3v) is 2.12. The average Bonchev–Trinajstić information content (AvgIpc) is 3.01. The maximum Gasteiger partial charge on any atom is 0.136 e. The minimum atomic E-state index is 0.356. The molecule has 3 heteroatoms. The highest BCUT2D eigenvalue weighted by molar-refractivity contribution is 5.47. The number of benzene rings is 1. The van der Waals surface area contributed by atoms with E-state index in [-0.39, 0.29) is 0 Å². The topological polar surface area (TPSA) is 42.2 Å². The van der Waals surface area contributed by atoms with Crippen molar-refractivity contribution in [2.45, 2.75) is 18.9 Å². The minimum Gasteiger partial charge on any atom is -0.495 e. The molecule has 2 rings (SSSR count). The fourth-order valence-corrected chi connectivity index (χ4v) is 1.23. The first-order valence-corrected chi connectivity index (χ1v) is 4.58. The summed E-state index contributed by atoms with van der Waals surface area (Å²) in [6.45, 7) is 0. The second kappa shape index (κ2) is 3.59. The Labute approximate surface area is 82.9 Å². The third kappa shape index (κ3) is 1.80. The second-order valence-corrected chi connectivity index (χ2v) is 3.29. The normalized spacial score (nSPS) is 14.6. The zero-order chi connectivity index (χ0) is 9.97. The molecule has 0 saturated heterocycles. The lowest BCUT2D eigenvalue weighted by Crippen LogP contribution is -1.96. The van der Waals surface area contributed by atoms with E-state index in [1.165, 1.54) is 0 Å². The molecular weight excluding hydrogens is 178 g/mol. The summed E-state index contributed by atoms with van der Waals surface area (Å²) in [7, 11) is 1.55. The largest absolute Gasteiger partial charge is 0.495 e.